The molecule has 0 aliphatic heterocycles. The predicted octanol–water partition coefficient (Wildman–Crippen LogP) is 2.65. The predicted molar refractivity (Wildman–Crippen MR) is 89.8 cm³/mol. The number of ether oxygens (including phenoxy) is 1. The van der Waals surface area contributed by atoms with Crippen LogP contribution in [0.1, 0.15) is 29.8 Å². The summed E-state index contributed by atoms with van der Waals surface area (Å²) in [5.41, 5.74) is 2.14. The van der Waals surface area contributed by atoms with Crippen LogP contribution in [0.3, 0.4) is 0 Å². The van der Waals surface area contributed by atoms with Gasteiger partial charge in [-0.1, -0.05) is 23.7 Å². The third-order valence-electron chi connectivity index (χ3n) is 3.80. The highest BCUT2D eigenvalue weighted by Gasteiger charge is 2.12. The van der Waals surface area contributed by atoms with Gasteiger partial charge in [0.05, 0.1) is 31.7 Å². The number of aromatic nitrogens is 2. The van der Waals surface area contributed by atoms with E-state index in [1.54, 1.807) is 26.0 Å². The Morgan fingerprint density at radius 3 is 2.61 bits per heavy atom. The van der Waals surface area contributed by atoms with Gasteiger partial charge in [-0.25, -0.2) is 4.98 Å². The van der Waals surface area contributed by atoms with Gasteiger partial charge in [-0.3, -0.25) is 9.36 Å². The van der Waals surface area contributed by atoms with E-state index in [1.165, 1.54) is 10.9 Å². The van der Waals surface area contributed by atoms with Crippen molar-refractivity contribution in [2.75, 3.05) is 6.61 Å². The van der Waals surface area contributed by atoms with Crippen LogP contribution in [-0.2, 0) is 11.3 Å². The van der Waals surface area contributed by atoms with Gasteiger partial charge in [0.15, 0.2) is 0 Å². The zero-order valence-electron chi connectivity index (χ0n) is 13.5. The maximum absolute atomic E-state index is 12.1. The summed E-state index contributed by atoms with van der Waals surface area (Å²) in [6, 6.07) is 7.37. The zero-order valence-corrected chi connectivity index (χ0v) is 14.2. The molecule has 0 aliphatic carbocycles. The highest BCUT2D eigenvalue weighted by Crippen LogP contribution is 2.19. The van der Waals surface area contributed by atoms with Gasteiger partial charge in [0.25, 0.3) is 5.56 Å². The molecular weight excluding hydrogens is 316 g/mol. The molecule has 0 radical (unpaired) electrons. The lowest BCUT2D eigenvalue weighted by Crippen LogP contribution is -2.31. The monoisotopic (exact) mass is 336 g/mol. The van der Waals surface area contributed by atoms with Crippen molar-refractivity contribution in [2.45, 2.75) is 39.5 Å². The summed E-state index contributed by atoms with van der Waals surface area (Å²) < 4.78 is 7.07. The smallest absolute Gasteiger partial charge is 0.256 e. The lowest BCUT2D eigenvalue weighted by atomic mass is 10.1. The molecule has 0 aliphatic rings. The summed E-state index contributed by atoms with van der Waals surface area (Å²) >= 11 is 5.85. The van der Waals surface area contributed by atoms with Gasteiger partial charge in [-0.15, -0.1) is 0 Å². The van der Waals surface area contributed by atoms with E-state index < -0.39 is 6.10 Å². The van der Waals surface area contributed by atoms with Crippen LogP contribution in [0, 0.1) is 13.8 Å². The van der Waals surface area contributed by atoms with Crippen LogP contribution < -0.4 is 5.56 Å². The Labute approximate surface area is 140 Å². The fraction of sp³-hybridized carbons (Fsp3) is 0.412. The normalized spacial score (nSPS) is 13.8. The van der Waals surface area contributed by atoms with E-state index in [9.17, 15) is 9.90 Å². The Morgan fingerprint density at radius 1 is 1.30 bits per heavy atom. The van der Waals surface area contributed by atoms with Crippen molar-refractivity contribution >= 4 is 11.6 Å². The van der Waals surface area contributed by atoms with E-state index in [-0.39, 0.29) is 24.8 Å². The van der Waals surface area contributed by atoms with E-state index >= 15 is 0 Å². The Bertz CT molecular complexity index is 713. The molecular formula is C17H21ClN2O3. The molecule has 5 nitrogen and oxygen atoms in total. The molecule has 23 heavy (non-hydrogen) atoms. The molecule has 0 unspecified atom stereocenters. The summed E-state index contributed by atoms with van der Waals surface area (Å²) in [5.74, 6) is 0. The summed E-state index contributed by atoms with van der Waals surface area (Å²) in [7, 11) is 0. The molecule has 1 heterocycles. The molecule has 2 rings (SSSR count). The molecule has 1 aromatic carbocycles. The molecule has 1 N–H and O–H groups in total. The number of halogens is 1. The van der Waals surface area contributed by atoms with Crippen molar-refractivity contribution in [1.82, 2.24) is 9.55 Å². The first-order valence-electron chi connectivity index (χ1n) is 7.46. The van der Waals surface area contributed by atoms with Gasteiger partial charge in [0.2, 0.25) is 0 Å². The molecule has 1 aromatic heterocycles. The average Bonchev–Trinajstić information content (AvgIpc) is 2.54. The fourth-order valence-electron chi connectivity index (χ4n) is 2.17. The number of rotatable bonds is 6. The van der Waals surface area contributed by atoms with Crippen molar-refractivity contribution in [3.63, 3.8) is 0 Å². The van der Waals surface area contributed by atoms with E-state index in [4.69, 9.17) is 16.3 Å². The first kappa shape index (κ1) is 17.7. The Morgan fingerprint density at radius 2 is 1.96 bits per heavy atom. The molecule has 2 atom stereocenters. The molecule has 124 valence electrons. The fourth-order valence-corrected chi connectivity index (χ4v) is 2.30. The lowest BCUT2D eigenvalue weighted by molar-refractivity contribution is -0.00918. The highest BCUT2D eigenvalue weighted by molar-refractivity contribution is 6.30. The summed E-state index contributed by atoms with van der Waals surface area (Å²) in [6.45, 7) is 5.70. The number of hydrogen-bond donors (Lipinski definition) is 1. The first-order chi connectivity index (χ1) is 10.9. The second-order valence-electron chi connectivity index (χ2n) is 5.59. The van der Waals surface area contributed by atoms with Crippen LogP contribution >= 0.6 is 11.6 Å². The molecule has 0 saturated heterocycles. The van der Waals surface area contributed by atoms with Crippen molar-refractivity contribution in [1.29, 1.82) is 0 Å². The van der Waals surface area contributed by atoms with E-state index in [1.807, 2.05) is 19.1 Å². The van der Waals surface area contributed by atoms with Crippen LogP contribution in [0.25, 0.3) is 0 Å². The van der Waals surface area contributed by atoms with Gasteiger partial charge in [-0.2, -0.15) is 0 Å². The van der Waals surface area contributed by atoms with Crippen LogP contribution in [0.4, 0.5) is 0 Å². The number of nitrogens with zero attached hydrogens (tertiary/aromatic N) is 2. The molecule has 0 amide bonds. The second-order valence-corrected chi connectivity index (χ2v) is 6.03. The highest BCUT2D eigenvalue weighted by atomic mass is 35.5. The van der Waals surface area contributed by atoms with Crippen molar-refractivity contribution in [3.8, 4) is 0 Å². The maximum atomic E-state index is 12.1. The van der Waals surface area contributed by atoms with E-state index in [0.29, 0.717) is 16.3 Å². The molecule has 0 spiro atoms. The van der Waals surface area contributed by atoms with E-state index in [0.717, 1.165) is 5.56 Å². The molecule has 2 aromatic rings. The summed E-state index contributed by atoms with van der Waals surface area (Å²) in [4.78, 5) is 16.2. The molecule has 0 saturated carbocycles. The van der Waals surface area contributed by atoms with Crippen LogP contribution in [0.2, 0.25) is 5.02 Å². The summed E-state index contributed by atoms with van der Waals surface area (Å²) in [5, 5.41) is 10.8. The topological polar surface area (TPSA) is 64.3 Å². The number of hydrogen-bond acceptors (Lipinski definition) is 4. The number of aryl methyl sites for hydroxylation is 1. The minimum Gasteiger partial charge on any atom is -0.389 e. The van der Waals surface area contributed by atoms with Gasteiger partial charge in [0, 0.05) is 16.3 Å². The van der Waals surface area contributed by atoms with Crippen LogP contribution in [0.5, 0.6) is 0 Å². The van der Waals surface area contributed by atoms with Gasteiger partial charge in [-0.05, 0) is 38.5 Å². The van der Waals surface area contributed by atoms with Crippen molar-refractivity contribution in [3.05, 3.63) is 62.8 Å². The Kier molecular flexibility index (Phi) is 5.93. The quantitative estimate of drug-likeness (QED) is 0.880. The standard InChI is InChI=1S/C17H21ClN2O3/c1-11-12(2)19-10-20(17(11)22)8-16(21)9-23-13(3)14-4-6-15(18)7-5-14/h4-7,10,13,16,21H,8-9H2,1-3H3/t13-,16-/m1/s1. The van der Waals surface area contributed by atoms with Gasteiger partial charge >= 0.3 is 0 Å². The van der Waals surface area contributed by atoms with Crippen molar-refractivity contribution < 1.29 is 9.84 Å². The second kappa shape index (κ2) is 7.73. The van der Waals surface area contributed by atoms with Crippen LogP contribution in [0.15, 0.2) is 35.4 Å². The molecule has 0 bridgehead atoms. The number of aliphatic hydroxyl groups is 1. The zero-order chi connectivity index (χ0) is 17.0. The first-order valence-corrected chi connectivity index (χ1v) is 7.84. The third kappa shape index (κ3) is 4.64. The summed E-state index contributed by atoms with van der Waals surface area (Å²) in [6.07, 6.45) is 0.499. The lowest BCUT2D eigenvalue weighted by Gasteiger charge is -2.18. The minimum absolute atomic E-state index is 0.128. The SMILES string of the molecule is Cc1ncn(C[C@@H](O)CO[C@H](C)c2ccc(Cl)cc2)c(=O)c1C. The third-order valence-corrected chi connectivity index (χ3v) is 4.05. The van der Waals surface area contributed by atoms with Crippen molar-refractivity contribution in [2.24, 2.45) is 0 Å². The van der Waals surface area contributed by atoms with Gasteiger partial charge in [0.1, 0.15) is 0 Å². The van der Waals surface area contributed by atoms with Crippen LogP contribution in [-0.4, -0.2) is 27.4 Å². The largest absolute Gasteiger partial charge is 0.389 e. The number of benzene rings is 1. The molecule has 0 fully saturated rings. The molecule has 6 heteroatoms. The van der Waals surface area contributed by atoms with Gasteiger partial charge < -0.3 is 9.84 Å². The minimum atomic E-state index is -0.786. The average molecular weight is 337 g/mol. The Hall–Kier alpha value is -1.69. The Balaban J connectivity index is 1.92. The van der Waals surface area contributed by atoms with E-state index in [2.05, 4.69) is 4.98 Å². The number of aliphatic hydroxyl groups excluding tert-OH is 1. The maximum Gasteiger partial charge on any atom is 0.256 e.